The molecule has 2 aromatic rings. The number of methoxy groups -OCH3 is 1. The van der Waals surface area contributed by atoms with Crippen LogP contribution in [0.4, 0.5) is 0 Å². The minimum absolute atomic E-state index is 0.0468. The van der Waals surface area contributed by atoms with Crippen molar-refractivity contribution in [2.75, 3.05) is 13.7 Å². The Labute approximate surface area is 168 Å². The van der Waals surface area contributed by atoms with Crippen LogP contribution in [0.1, 0.15) is 41.9 Å². The average molecular weight is 400 g/mol. The molecular formula is C21H22ClN3O3. The molecule has 0 spiro atoms. The Bertz CT molecular complexity index is 974. The molecule has 146 valence electrons. The van der Waals surface area contributed by atoms with Gasteiger partial charge in [-0.1, -0.05) is 23.8 Å². The highest BCUT2D eigenvalue weighted by molar-refractivity contribution is 6.35. The lowest BCUT2D eigenvalue weighted by molar-refractivity contribution is 0.190. The van der Waals surface area contributed by atoms with Crippen molar-refractivity contribution in [3.63, 3.8) is 0 Å². The van der Waals surface area contributed by atoms with Crippen LogP contribution in [0, 0.1) is 6.92 Å². The molecule has 0 bridgehead atoms. The zero-order chi connectivity index (χ0) is 19.8. The minimum atomic E-state index is -0.492. The molecular weight excluding hydrogens is 378 g/mol. The number of aliphatic hydroxyl groups excluding tert-OH is 1. The van der Waals surface area contributed by atoms with Crippen molar-refractivity contribution < 1.29 is 14.6 Å². The monoisotopic (exact) mass is 399 g/mol. The Morgan fingerprint density at radius 1 is 1.25 bits per heavy atom. The number of aliphatic hydroxyl groups is 1. The third kappa shape index (κ3) is 3.27. The van der Waals surface area contributed by atoms with Crippen molar-refractivity contribution in [2.24, 2.45) is 4.99 Å². The van der Waals surface area contributed by atoms with Gasteiger partial charge in [-0.25, -0.2) is 9.97 Å². The second kappa shape index (κ2) is 7.53. The molecule has 28 heavy (non-hydrogen) atoms. The predicted octanol–water partition coefficient (Wildman–Crippen LogP) is 3.47. The van der Waals surface area contributed by atoms with Gasteiger partial charge < -0.3 is 14.6 Å². The molecule has 1 aliphatic carbocycles. The van der Waals surface area contributed by atoms with E-state index >= 15 is 0 Å². The standard InChI is InChI=1S/C21H22ClN3O3/c1-4-28-19-8-13-14-7-12(26)5-6-17(14)25-20(15(13)9-18(19)27-3)21-16(22)10-23-11(2)24-21/h5-6,8-10,12,14,17,26H,4,7H2,1-3H3/t12-,14+,17+/m0/s1. The third-order valence-electron chi connectivity index (χ3n) is 5.10. The normalized spacial score (nSPS) is 22.9. The summed E-state index contributed by atoms with van der Waals surface area (Å²) in [5.74, 6) is 1.97. The van der Waals surface area contributed by atoms with E-state index in [-0.39, 0.29) is 12.0 Å². The molecule has 0 unspecified atom stereocenters. The Morgan fingerprint density at radius 2 is 2.07 bits per heavy atom. The van der Waals surface area contributed by atoms with E-state index in [1.807, 2.05) is 32.1 Å². The van der Waals surface area contributed by atoms with E-state index in [4.69, 9.17) is 26.1 Å². The number of hydrogen-bond donors (Lipinski definition) is 1. The first-order valence-electron chi connectivity index (χ1n) is 9.30. The topological polar surface area (TPSA) is 76.8 Å². The first-order valence-corrected chi connectivity index (χ1v) is 9.68. The maximum atomic E-state index is 10.2. The maximum absolute atomic E-state index is 10.2. The molecule has 1 aliphatic heterocycles. The fourth-order valence-corrected chi connectivity index (χ4v) is 4.02. The van der Waals surface area contributed by atoms with E-state index in [9.17, 15) is 5.11 Å². The van der Waals surface area contributed by atoms with E-state index in [1.165, 1.54) is 0 Å². The van der Waals surface area contributed by atoms with E-state index < -0.39 is 6.10 Å². The fraction of sp³-hybridized carbons (Fsp3) is 0.381. The number of aliphatic imine (C=N–C) groups is 1. The van der Waals surface area contributed by atoms with Crippen LogP contribution in [0.25, 0.3) is 0 Å². The van der Waals surface area contributed by atoms with Crippen LogP contribution in [0.3, 0.4) is 0 Å². The van der Waals surface area contributed by atoms with Gasteiger partial charge in [0.25, 0.3) is 0 Å². The summed E-state index contributed by atoms with van der Waals surface area (Å²) in [5, 5.41) is 10.6. The van der Waals surface area contributed by atoms with Crippen LogP contribution in [0.5, 0.6) is 11.5 Å². The van der Waals surface area contributed by atoms with Crippen LogP contribution in [-0.2, 0) is 0 Å². The van der Waals surface area contributed by atoms with Gasteiger partial charge in [0.1, 0.15) is 11.5 Å². The zero-order valence-electron chi connectivity index (χ0n) is 16.0. The molecule has 2 aliphatic rings. The number of aromatic nitrogens is 2. The number of halogens is 1. The van der Waals surface area contributed by atoms with Gasteiger partial charge in [0.2, 0.25) is 0 Å². The first-order chi connectivity index (χ1) is 13.5. The number of benzene rings is 1. The highest BCUT2D eigenvalue weighted by Gasteiger charge is 2.36. The summed E-state index contributed by atoms with van der Waals surface area (Å²) >= 11 is 6.43. The summed E-state index contributed by atoms with van der Waals surface area (Å²) in [5.41, 5.74) is 3.24. The molecule has 0 saturated heterocycles. The van der Waals surface area contributed by atoms with Gasteiger partial charge in [-0.2, -0.15) is 0 Å². The lowest BCUT2D eigenvalue weighted by Crippen LogP contribution is -2.31. The summed E-state index contributed by atoms with van der Waals surface area (Å²) in [6.07, 6.45) is 5.45. The summed E-state index contributed by atoms with van der Waals surface area (Å²) in [6, 6.07) is 3.83. The molecule has 3 atom stereocenters. The van der Waals surface area contributed by atoms with Gasteiger partial charge in [-0.15, -0.1) is 0 Å². The van der Waals surface area contributed by atoms with Gasteiger partial charge in [0.05, 0.1) is 36.6 Å². The second-order valence-electron chi connectivity index (χ2n) is 6.90. The predicted molar refractivity (Wildman–Crippen MR) is 108 cm³/mol. The SMILES string of the molecule is CCOc1cc2c(cc1OC)C(c1nc(C)ncc1Cl)=N[C@@H]1C=C[C@H](O)C[C@H]21. The maximum Gasteiger partial charge on any atom is 0.161 e. The van der Waals surface area contributed by atoms with Gasteiger partial charge in [0, 0.05) is 17.7 Å². The highest BCUT2D eigenvalue weighted by Crippen LogP contribution is 2.43. The Balaban J connectivity index is 1.95. The Morgan fingerprint density at radius 3 is 2.82 bits per heavy atom. The summed E-state index contributed by atoms with van der Waals surface area (Å²) < 4.78 is 11.3. The fourth-order valence-electron chi connectivity index (χ4n) is 3.84. The van der Waals surface area contributed by atoms with Crippen LogP contribution in [0.2, 0.25) is 5.02 Å². The smallest absolute Gasteiger partial charge is 0.161 e. The van der Waals surface area contributed by atoms with Crippen molar-refractivity contribution >= 4 is 17.3 Å². The van der Waals surface area contributed by atoms with Gasteiger partial charge in [0.15, 0.2) is 11.5 Å². The molecule has 1 aromatic carbocycles. The van der Waals surface area contributed by atoms with Crippen LogP contribution >= 0.6 is 11.6 Å². The van der Waals surface area contributed by atoms with Crippen LogP contribution in [0.15, 0.2) is 35.5 Å². The summed E-state index contributed by atoms with van der Waals surface area (Å²) in [4.78, 5) is 13.7. The molecule has 6 nitrogen and oxygen atoms in total. The average Bonchev–Trinajstić information content (AvgIpc) is 2.69. The van der Waals surface area contributed by atoms with E-state index in [0.717, 1.165) is 11.1 Å². The van der Waals surface area contributed by atoms with E-state index in [0.29, 0.717) is 46.8 Å². The largest absolute Gasteiger partial charge is 0.493 e. The number of rotatable bonds is 4. The number of ether oxygens (including phenoxy) is 2. The molecule has 0 fully saturated rings. The molecule has 0 amide bonds. The molecule has 0 saturated carbocycles. The number of nitrogens with zero attached hydrogens (tertiary/aromatic N) is 3. The lowest BCUT2D eigenvalue weighted by Gasteiger charge is -2.34. The van der Waals surface area contributed by atoms with Crippen LogP contribution in [-0.4, -0.2) is 46.6 Å². The minimum Gasteiger partial charge on any atom is -0.493 e. The first kappa shape index (κ1) is 18.9. The zero-order valence-corrected chi connectivity index (χ0v) is 16.8. The number of aryl methyl sites for hydroxylation is 1. The van der Waals surface area contributed by atoms with Gasteiger partial charge in [-0.05, 0) is 38.0 Å². The van der Waals surface area contributed by atoms with Crippen LogP contribution < -0.4 is 9.47 Å². The number of fused-ring (bicyclic) bond motifs is 3. The molecule has 1 aromatic heterocycles. The Hall–Kier alpha value is -2.44. The molecule has 1 N–H and O–H groups in total. The van der Waals surface area contributed by atoms with E-state index in [2.05, 4.69) is 9.97 Å². The number of hydrogen-bond acceptors (Lipinski definition) is 6. The molecule has 0 radical (unpaired) electrons. The Kier molecular flexibility index (Phi) is 5.08. The molecule has 2 heterocycles. The lowest BCUT2D eigenvalue weighted by atomic mass is 9.77. The van der Waals surface area contributed by atoms with E-state index in [1.54, 1.807) is 19.4 Å². The summed E-state index contributed by atoms with van der Waals surface area (Å²) in [7, 11) is 1.61. The van der Waals surface area contributed by atoms with Gasteiger partial charge >= 0.3 is 0 Å². The second-order valence-corrected chi connectivity index (χ2v) is 7.31. The van der Waals surface area contributed by atoms with Crippen molar-refractivity contribution in [3.05, 3.63) is 58.1 Å². The highest BCUT2D eigenvalue weighted by atomic mass is 35.5. The molecule has 7 heteroatoms. The summed E-state index contributed by atoms with van der Waals surface area (Å²) in [6.45, 7) is 4.29. The quantitative estimate of drug-likeness (QED) is 0.796. The molecule has 4 rings (SSSR count). The van der Waals surface area contributed by atoms with Gasteiger partial charge in [-0.3, -0.25) is 4.99 Å². The van der Waals surface area contributed by atoms with Crippen molar-refractivity contribution in [1.82, 2.24) is 9.97 Å². The van der Waals surface area contributed by atoms with Crippen molar-refractivity contribution in [1.29, 1.82) is 0 Å². The third-order valence-corrected chi connectivity index (χ3v) is 5.37. The van der Waals surface area contributed by atoms with Crippen molar-refractivity contribution in [2.45, 2.75) is 38.3 Å². The van der Waals surface area contributed by atoms with Crippen molar-refractivity contribution in [3.8, 4) is 11.5 Å².